The summed E-state index contributed by atoms with van der Waals surface area (Å²) in [6.45, 7) is 29.7. The molecule has 12 heteroatoms. The monoisotopic (exact) mass is 540 g/mol. The van der Waals surface area contributed by atoms with Gasteiger partial charge in [0.15, 0.2) is 37.2 Å². The van der Waals surface area contributed by atoms with Crippen LogP contribution in [0.5, 0.6) is 0 Å². The van der Waals surface area contributed by atoms with Crippen molar-refractivity contribution >= 4 is 53.5 Å². The summed E-state index contributed by atoms with van der Waals surface area (Å²) in [6, 6.07) is 0. The molecule has 7 nitrogen and oxygen atoms in total. The van der Waals surface area contributed by atoms with E-state index >= 15 is 0 Å². The van der Waals surface area contributed by atoms with Gasteiger partial charge in [-0.05, 0) is 98.2 Å². The summed E-state index contributed by atoms with van der Waals surface area (Å²) in [7, 11) is -11.1. The summed E-state index contributed by atoms with van der Waals surface area (Å²) >= 11 is 0. The van der Waals surface area contributed by atoms with Crippen LogP contribution < -0.4 is 0 Å². The van der Waals surface area contributed by atoms with Gasteiger partial charge in [-0.25, -0.2) is 0 Å². The summed E-state index contributed by atoms with van der Waals surface area (Å²) < 4.78 is 30.9. The molecule has 0 aliphatic rings. The van der Waals surface area contributed by atoms with Crippen LogP contribution in [0.1, 0.15) is 0 Å². The Labute approximate surface area is 201 Å². The highest BCUT2D eigenvalue weighted by molar-refractivity contribution is 6.72. The maximum absolute atomic E-state index is 13.4. The molecule has 0 heterocycles. The number of carbonyl (C=O) groups excluding carboxylic acids is 2. The van der Waals surface area contributed by atoms with Crippen molar-refractivity contribution in [2.24, 2.45) is 0 Å². The SMILES string of the molecule is C[Si](C)(C)OC(=O)[C@H](O[Si](C)(C)C)C(O[Si](C)(C)C)[C@@H](O[Si](C)(C)C)C(=O)O[Si](C)(C)C. The fourth-order valence-corrected chi connectivity index (χ4v) is 7.16. The zero-order chi connectivity index (χ0) is 25.9. The van der Waals surface area contributed by atoms with E-state index in [1.165, 1.54) is 0 Å². The topological polar surface area (TPSA) is 80.3 Å². The molecule has 0 saturated carbocycles. The molecule has 0 saturated heterocycles. The minimum Gasteiger partial charge on any atom is -0.518 e. The Hall–Kier alpha value is -0.0956. The zero-order valence-corrected chi connectivity index (χ0v) is 28.1. The summed E-state index contributed by atoms with van der Waals surface area (Å²) in [5, 5.41) is 0. The van der Waals surface area contributed by atoms with Gasteiger partial charge in [-0.2, -0.15) is 0 Å². The molecule has 0 fully saturated rings. The van der Waals surface area contributed by atoms with Gasteiger partial charge in [0.05, 0.1) is 0 Å². The Morgan fingerprint density at radius 3 is 0.875 bits per heavy atom. The molecule has 0 aliphatic carbocycles. The summed E-state index contributed by atoms with van der Waals surface area (Å²) in [5.74, 6) is -0.973. The van der Waals surface area contributed by atoms with Gasteiger partial charge < -0.3 is 22.1 Å². The maximum atomic E-state index is 13.4. The summed E-state index contributed by atoms with van der Waals surface area (Å²) in [5.41, 5.74) is 0. The number of rotatable bonds is 12. The molecule has 0 spiro atoms. The Morgan fingerprint density at radius 2 is 0.688 bits per heavy atom. The predicted octanol–water partition coefficient (Wildman–Crippen LogP) is 5.40. The van der Waals surface area contributed by atoms with Gasteiger partial charge in [0, 0.05) is 0 Å². The van der Waals surface area contributed by atoms with E-state index in [9.17, 15) is 9.59 Å². The second kappa shape index (κ2) is 11.1. The van der Waals surface area contributed by atoms with Crippen molar-refractivity contribution in [2.75, 3.05) is 0 Å². The van der Waals surface area contributed by atoms with Crippen molar-refractivity contribution in [3.63, 3.8) is 0 Å². The van der Waals surface area contributed by atoms with Crippen LogP contribution in [0.4, 0.5) is 0 Å². The lowest BCUT2D eigenvalue weighted by Gasteiger charge is -2.40. The molecule has 190 valence electrons. The van der Waals surface area contributed by atoms with Crippen molar-refractivity contribution in [2.45, 2.75) is 117 Å². The molecule has 0 aliphatic heterocycles. The molecular weight excluding hydrogens is 493 g/mol. The fraction of sp³-hybridized carbons (Fsp3) is 0.900. The predicted molar refractivity (Wildman–Crippen MR) is 144 cm³/mol. The van der Waals surface area contributed by atoms with Crippen molar-refractivity contribution in [1.82, 2.24) is 0 Å². The Morgan fingerprint density at radius 1 is 0.438 bits per heavy atom. The maximum Gasteiger partial charge on any atom is 0.323 e. The van der Waals surface area contributed by atoms with Crippen LogP contribution in [-0.4, -0.2) is 71.8 Å². The molecule has 0 aromatic carbocycles. The molecule has 2 atom stereocenters. The van der Waals surface area contributed by atoms with Crippen LogP contribution >= 0.6 is 0 Å². The van der Waals surface area contributed by atoms with Gasteiger partial charge in [-0.15, -0.1) is 0 Å². The van der Waals surface area contributed by atoms with Gasteiger partial charge in [-0.1, -0.05) is 0 Å². The molecule has 32 heavy (non-hydrogen) atoms. The lowest BCUT2D eigenvalue weighted by atomic mass is 10.1. The van der Waals surface area contributed by atoms with E-state index in [0.29, 0.717) is 0 Å². The van der Waals surface area contributed by atoms with Gasteiger partial charge >= 0.3 is 11.9 Å². The van der Waals surface area contributed by atoms with Gasteiger partial charge in [-0.3, -0.25) is 9.59 Å². The minimum atomic E-state index is -2.23. The highest BCUT2D eigenvalue weighted by Gasteiger charge is 2.48. The number of hydrogen-bond donors (Lipinski definition) is 0. The second-order valence-corrected chi connectivity index (χ2v) is 35.3. The first-order valence-electron chi connectivity index (χ1n) is 11.3. The number of carbonyl (C=O) groups is 2. The molecule has 0 amide bonds. The first-order chi connectivity index (χ1) is 13.8. The third kappa shape index (κ3) is 14.9. The van der Waals surface area contributed by atoms with E-state index in [-0.39, 0.29) is 0 Å². The first kappa shape index (κ1) is 31.9. The molecule has 0 radical (unpaired) electrons. The smallest absolute Gasteiger partial charge is 0.323 e. The molecule has 0 aromatic rings. The van der Waals surface area contributed by atoms with Crippen molar-refractivity contribution < 1.29 is 31.7 Å². The van der Waals surface area contributed by atoms with Crippen LogP contribution in [0.15, 0.2) is 0 Å². The molecule has 0 unspecified atom stereocenters. The summed E-state index contributed by atoms with van der Waals surface area (Å²) in [4.78, 5) is 26.8. The number of hydrogen-bond acceptors (Lipinski definition) is 7. The van der Waals surface area contributed by atoms with Crippen LogP contribution in [0.25, 0.3) is 0 Å². The summed E-state index contributed by atoms with van der Waals surface area (Å²) in [6.07, 6.45) is -3.06. The Kier molecular flexibility index (Phi) is 11.1. The largest absolute Gasteiger partial charge is 0.518 e. The lowest BCUT2D eigenvalue weighted by molar-refractivity contribution is -0.160. The standard InChI is InChI=1S/C20H48O7Si5/c1-28(2,3)23-16(17(24-29(4,5)6)19(21)26-31(10,11)12)18(25-30(7,8)9)20(22)27-32(13,14)15/h16-18H,1-15H3/t17-,18-/m1/s1. The van der Waals surface area contributed by atoms with E-state index in [1.807, 2.05) is 98.2 Å². The average molecular weight is 541 g/mol. The van der Waals surface area contributed by atoms with Crippen molar-refractivity contribution in [1.29, 1.82) is 0 Å². The average Bonchev–Trinajstić information content (AvgIpc) is 2.41. The molecule has 0 N–H and O–H groups in total. The van der Waals surface area contributed by atoms with E-state index in [0.717, 1.165) is 0 Å². The van der Waals surface area contributed by atoms with Crippen LogP contribution in [0.2, 0.25) is 98.2 Å². The molecule has 0 aromatic heterocycles. The van der Waals surface area contributed by atoms with Gasteiger partial charge in [0.1, 0.15) is 6.10 Å². The third-order valence-electron chi connectivity index (χ3n) is 3.33. The van der Waals surface area contributed by atoms with E-state index in [2.05, 4.69) is 0 Å². The molecular formula is C20H48O7Si5. The van der Waals surface area contributed by atoms with Crippen LogP contribution in [0.3, 0.4) is 0 Å². The quantitative estimate of drug-likeness (QED) is 0.306. The first-order valence-corrected chi connectivity index (χ1v) is 28.3. The molecule has 0 bridgehead atoms. The van der Waals surface area contributed by atoms with Crippen molar-refractivity contribution in [3.05, 3.63) is 0 Å². The van der Waals surface area contributed by atoms with Crippen molar-refractivity contribution in [3.8, 4) is 0 Å². The van der Waals surface area contributed by atoms with Crippen LogP contribution in [-0.2, 0) is 31.7 Å². The highest BCUT2D eigenvalue weighted by Crippen LogP contribution is 2.27. The lowest BCUT2D eigenvalue weighted by Crippen LogP contribution is -2.59. The van der Waals surface area contributed by atoms with Gasteiger partial charge in [0.2, 0.25) is 16.6 Å². The van der Waals surface area contributed by atoms with E-state index < -0.39 is 71.8 Å². The van der Waals surface area contributed by atoms with Crippen LogP contribution in [0, 0.1) is 0 Å². The normalized spacial score (nSPS) is 16.0. The molecule has 0 rings (SSSR count). The fourth-order valence-electron chi connectivity index (χ4n) is 2.67. The highest BCUT2D eigenvalue weighted by atomic mass is 28.4. The van der Waals surface area contributed by atoms with E-state index in [1.54, 1.807) is 0 Å². The Balaban J connectivity index is 6.62. The Bertz CT molecular complexity index is 589. The second-order valence-electron chi connectivity index (χ2n) is 13.1. The van der Waals surface area contributed by atoms with E-state index in [4.69, 9.17) is 22.1 Å². The van der Waals surface area contributed by atoms with Gasteiger partial charge in [0.25, 0.3) is 0 Å². The minimum absolute atomic E-state index is 0.486. The third-order valence-corrected chi connectivity index (χ3v) is 7.85. The zero-order valence-electron chi connectivity index (χ0n) is 23.1.